The monoisotopic (exact) mass is 282 g/mol. The second-order valence-electron chi connectivity index (χ2n) is 4.72. The second kappa shape index (κ2) is 5.30. The third-order valence-corrected chi connectivity index (χ3v) is 4.23. The van der Waals surface area contributed by atoms with E-state index in [0.717, 1.165) is 29.7 Å². The number of hydrogen-bond acceptors (Lipinski definition) is 4. The molecule has 0 amide bonds. The van der Waals surface area contributed by atoms with Gasteiger partial charge in [0.05, 0.1) is 22.0 Å². The Bertz CT molecular complexity index is 676. The highest BCUT2D eigenvalue weighted by molar-refractivity contribution is 7.90. The Hall–Kier alpha value is -1.40. The van der Waals surface area contributed by atoms with E-state index < -0.39 is 9.84 Å². The lowest BCUT2D eigenvalue weighted by Gasteiger charge is -2.06. The average molecular weight is 282 g/mol. The fourth-order valence-electron chi connectivity index (χ4n) is 1.85. The maximum absolute atomic E-state index is 11.5. The van der Waals surface area contributed by atoms with Crippen LogP contribution in [-0.4, -0.2) is 37.9 Å². The summed E-state index contributed by atoms with van der Waals surface area (Å²) in [5.41, 5.74) is 1.54. The van der Waals surface area contributed by atoms with Gasteiger partial charge in [-0.2, -0.15) is 0 Å². The van der Waals surface area contributed by atoms with Crippen LogP contribution in [0.1, 0.15) is 19.2 Å². The number of H-pyrrole nitrogens is 1. The number of rotatable bonds is 5. The van der Waals surface area contributed by atoms with Crippen molar-refractivity contribution in [3.63, 3.8) is 0 Å². The molecule has 5 nitrogen and oxygen atoms in total. The summed E-state index contributed by atoms with van der Waals surface area (Å²) in [7, 11) is -1.50. The predicted octanol–water partition coefficient (Wildman–Crippen LogP) is 1.93. The first-order chi connectivity index (χ1) is 8.90. The fraction of sp³-hybridized carbons (Fsp3) is 0.462. The number of aromatic nitrogens is 2. The van der Waals surface area contributed by atoms with Crippen LogP contribution in [-0.2, 0) is 21.0 Å². The third-order valence-electron chi connectivity index (χ3n) is 3.12. The lowest BCUT2D eigenvalue weighted by atomic mass is 10.2. The van der Waals surface area contributed by atoms with Gasteiger partial charge in [0.1, 0.15) is 5.82 Å². The van der Waals surface area contributed by atoms with E-state index in [0.29, 0.717) is 4.90 Å². The van der Waals surface area contributed by atoms with Gasteiger partial charge < -0.3 is 9.72 Å². The molecule has 104 valence electrons. The smallest absolute Gasteiger partial charge is 0.175 e. The minimum Gasteiger partial charge on any atom is -0.382 e. The van der Waals surface area contributed by atoms with Crippen molar-refractivity contribution in [1.29, 1.82) is 0 Å². The first kappa shape index (κ1) is 14.0. The van der Waals surface area contributed by atoms with Crippen LogP contribution in [0.2, 0.25) is 0 Å². The van der Waals surface area contributed by atoms with E-state index in [1.807, 2.05) is 6.92 Å². The summed E-state index contributed by atoms with van der Waals surface area (Å²) in [4.78, 5) is 7.90. The molecule has 0 bridgehead atoms. The van der Waals surface area contributed by atoms with Gasteiger partial charge in [-0.05, 0) is 31.5 Å². The molecule has 2 aromatic rings. The number of benzene rings is 1. The zero-order valence-electron chi connectivity index (χ0n) is 11.3. The van der Waals surface area contributed by atoms with Crippen LogP contribution >= 0.6 is 0 Å². The first-order valence-electron chi connectivity index (χ1n) is 6.11. The second-order valence-corrected chi connectivity index (χ2v) is 6.74. The zero-order chi connectivity index (χ0) is 14.0. The summed E-state index contributed by atoms with van der Waals surface area (Å²) in [5, 5.41) is 0. The van der Waals surface area contributed by atoms with Gasteiger partial charge in [0, 0.05) is 19.8 Å². The highest BCUT2D eigenvalue weighted by atomic mass is 32.2. The van der Waals surface area contributed by atoms with Crippen LogP contribution in [0.4, 0.5) is 0 Å². The molecule has 0 aliphatic rings. The van der Waals surface area contributed by atoms with Crippen molar-refractivity contribution in [1.82, 2.24) is 9.97 Å². The Kier molecular flexibility index (Phi) is 3.91. The minimum absolute atomic E-state index is 0.180. The Labute approximate surface area is 112 Å². The quantitative estimate of drug-likeness (QED) is 0.909. The summed E-state index contributed by atoms with van der Waals surface area (Å²) in [6.45, 7) is 2.00. The summed E-state index contributed by atoms with van der Waals surface area (Å²) in [6, 6.07) is 4.94. The molecule has 1 N–H and O–H groups in total. The average Bonchev–Trinajstić information content (AvgIpc) is 2.76. The van der Waals surface area contributed by atoms with Crippen LogP contribution in [0, 0.1) is 0 Å². The summed E-state index contributed by atoms with van der Waals surface area (Å²) < 4.78 is 28.2. The molecule has 19 heavy (non-hydrogen) atoms. The molecule has 0 aliphatic heterocycles. The predicted molar refractivity (Wildman–Crippen MR) is 74.0 cm³/mol. The maximum Gasteiger partial charge on any atom is 0.175 e. The summed E-state index contributed by atoms with van der Waals surface area (Å²) in [5.74, 6) is 0.851. The van der Waals surface area contributed by atoms with Crippen LogP contribution in [0.3, 0.4) is 0 Å². The van der Waals surface area contributed by atoms with Crippen molar-refractivity contribution < 1.29 is 13.2 Å². The topological polar surface area (TPSA) is 72.0 Å². The number of methoxy groups -OCH3 is 1. The van der Waals surface area contributed by atoms with E-state index in [9.17, 15) is 8.42 Å². The number of aryl methyl sites for hydroxylation is 1. The Morgan fingerprint density at radius 1 is 1.42 bits per heavy atom. The number of hydrogen-bond donors (Lipinski definition) is 1. The van der Waals surface area contributed by atoms with Gasteiger partial charge in [-0.25, -0.2) is 13.4 Å². The number of aromatic amines is 1. The van der Waals surface area contributed by atoms with Gasteiger partial charge in [-0.3, -0.25) is 0 Å². The van der Waals surface area contributed by atoms with Gasteiger partial charge in [-0.15, -0.1) is 0 Å². The van der Waals surface area contributed by atoms with Crippen LogP contribution in [0.25, 0.3) is 11.0 Å². The van der Waals surface area contributed by atoms with Gasteiger partial charge in [-0.1, -0.05) is 0 Å². The number of nitrogens with zero attached hydrogens (tertiary/aromatic N) is 1. The maximum atomic E-state index is 11.5. The van der Waals surface area contributed by atoms with Crippen LogP contribution < -0.4 is 0 Å². The molecule has 0 spiro atoms. The number of fused-ring (bicyclic) bond motifs is 1. The standard InChI is InChI=1S/C13H18N2O3S/c1-9(18-2)4-7-13-14-11-6-5-10(19(3,16)17)8-12(11)15-13/h5-6,8-9H,4,7H2,1-3H3,(H,14,15). The molecular weight excluding hydrogens is 264 g/mol. The first-order valence-corrected chi connectivity index (χ1v) is 8.01. The molecule has 0 fully saturated rings. The zero-order valence-corrected chi connectivity index (χ0v) is 12.1. The summed E-state index contributed by atoms with van der Waals surface area (Å²) >= 11 is 0. The Morgan fingerprint density at radius 3 is 2.79 bits per heavy atom. The molecule has 0 aliphatic carbocycles. The molecule has 1 unspecified atom stereocenters. The highest BCUT2D eigenvalue weighted by Crippen LogP contribution is 2.18. The van der Waals surface area contributed by atoms with E-state index in [-0.39, 0.29) is 6.10 Å². The molecule has 0 saturated carbocycles. The van der Waals surface area contributed by atoms with Crippen LogP contribution in [0.5, 0.6) is 0 Å². The minimum atomic E-state index is -3.18. The number of ether oxygens (including phenoxy) is 1. The van der Waals surface area contributed by atoms with Gasteiger partial charge in [0.2, 0.25) is 0 Å². The highest BCUT2D eigenvalue weighted by Gasteiger charge is 2.10. The molecule has 2 rings (SSSR count). The molecular formula is C13H18N2O3S. The van der Waals surface area contributed by atoms with Crippen molar-refractivity contribution in [3.8, 4) is 0 Å². The third kappa shape index (κ3) is 3.33. The van der Waals surface area contributed by atoms with E-state index in [1.165, 1.54) is 6.26 Å². The number of nitrogens with one attached hydrogen (secondary N) is 1. The SMILES string of the molecule is COC(C)CCc1nc2ccc(S(C)(=O)=O)cc2[nH]1. The molecule has 6 heteroatoms. The number of sulfone groups is 1. The van der Waals surface area contributed by atoms with Crippen molar-refractivity contribution in [3.05, 3.63) is 24.0 Å². The van der Waals surface area contributed by atoms with Gasteiger partial charge >= 0.3 is 0 Å². The molecule has 1 heterocycles. The van der Waals surface area contributed by atoms with E-state index >= 15 is 0 Å². The normalized spacial score (nSPS) is 13.8. The van der Waals surface area contributed by atoms with Crippen molar-refractivity contribution in [2.24, 2.45) is 0 Å². The van der Waals surface area contributed by atoms with E-state index in [2.05, 4.69) is 9.97 Å². The molecule has 1 aromatic heterocycles. The van der Waals surface area contributed by atoms with E-state index in [1.54, 1.807) is 25.3 Å². The Balaban J connectivity index is 2.26. The summed E-state index contributed by atoms with van der Waals surface area (Å²) in [6.07, 6.45) is 3.03. The molecule has 1 atom stereocenters. The van der Waals surface area contributed by atoms with Gasteiger partial charge in [0.25, 0.3) is 0 Å². The fourth-order valence-corrected chi connectivity index (χ4v) is 2.50. The largest absolute Gasteiger partial charge is 0.382 e. The lowest BCUT2D eigenvalue weighted by molar-refractivity contribution is 0.111. The van der Waals surface area contributed by atoms with Crippen molar-refractivity contribution >= 4 is 20.9 Å². The van der Waals surface area contributed by atoms with Crippen LogP contribution in [0.15, 0.2) is 23.1 Å². The molecule has 0 radical (unpaired) electrons. The Morgan fingerprint density at radius 2 is 2.16 bits per heavy atom. The number of imidazole rings is 1. The van der Waals surface area contributed by atoms with Gasteiger partial charge in [0.15, 0.2) is 9.84 Å². The lowest BCUT2D eigenvalue weighted by Crippen LogP contribution is -2.06. The molecule has 1 aromatic carbocycles. The van der Waals surface area contributed by atoms with Crippen molar-refractivity contribution in [2.45, 2.75) is 30.8 Å². The van der Waals surface area contributed by atoms with Crippen molar-refractivity contribution in [2.75, 3.05) is 13.4 Å². The molecule has 0 saturated heterocycles. The van der Waals surface area contributed by atoms with E-state index in [4.69, 9.17) is 4.74 Å².